The molecule has 1 fully saturated rings. The number of carbonyl (C=O) groups is 1. The third kappa shape index (κ3) is 5.68. The van der Waals surface area contributed by atoms with Crippen molar-refractivity contribution < 1.29 is 13.6 Å². The second-order valence-corrected chi connectivity index (χ2v) is 10.5. The lowest BCUT2D eigenvalue weighted by atomic mass is 10.1. The highest BCUT2D eigenvalue weighted by Gasteiger charge is 2.30. The van der Waals surface area contributed by atoms with Crippen molar-refractivity contribution in [1.29, 1.82) is 0 Å². The molecule has 0 radical (unpaired) electrons. The Kier molecular flexibility index (Phi) is 7.58. The monoisotopic (exact) mass is 585 g/mol. The first-order chi connectivity index (χ1) is 20.8. The standard InChI is InChI=1S/C31H29F2N7O3/c1-2-14-39-28-26(30(42)40(31(39)43)21-11-12-21)37-27(38-28)20-10-13-24(35-17-20)34-15-18-6-8-19(9-7-18)16-36-29(41)22-4-3-5-23(32)25(22)33/h3-10,13,17,21H,2,11-12,14-16H2,1H3,(H,34,35)(H,36,41)(H,37,38). The average Bonchev–Trinajstić information content (AvgIpc) is 3.75. The summed E-state index contributed by atoms with van der Waals surface area (Å²) in [7, 11) is 0. The predicted octanol–water partition coefficient (Wildman–Crippen LogP) is 4.51. The van der Waals surface area contributed by atoms with Gasteiger partial charge in [0.2, 0.25) is 0 Å². The Morgan fingerprint density at radius 2 is 1.77 bits per heavy atom. The number of pyridine rings is 1. The Balaban J connectivity index is 1.10. The molecule has 1 saturated carbocycles. The van der Waals surface area contributed by atoms with Gasteiger partial charge in [-0.2, -0.15) is 0 Å². The minimum atomic E-state index is -1.17. The number of carbonyl (C=O) groups excluding carboxylic acids is 1. The zero-order valence-corrected chi connectivity index (χ0v) is 23.4. The second-order valence-electron chi connectivity index (χ2n) is 10.5. The molecule has 3 heterocycles. The molecule has 220 valence electrons. The van der Waals surface area contributed by atoms with E-state index in [2.05, 4.69) is 25.6 Å². The number of fused-ring (bicyclic) bond motifs is 1. The number of rotatable bonds is 10. The largest absolute Gasteiger partial charge is 0.366 e. The van der Waals surface area contributed by atoms with Crippen LogP contribution in [0.1, 0.15) is 53.7 Å². The Morgan fingerprint density at radius 3 is 2.44 bits per heavy atom. The van der Waals surface area contributed by atoms with Gasteiger partial charge in [0, 0.05) is 37.4 Å². The number of nitrogens with one attached hydrogen (secondary N) is 3. The number of imidazole rings is 1. The van der Waals surface area contributed by atoms with Gasteiger partial charge in [0.25, 0.3) is 11.5 Å². The van der Waals surface area contributed by atoms with Crippen LogP contribution in [0.4, 0.5) is 14.6 Å². The molecule has 1 amide bonds. The number of aromatic nitrogens is 5. The molecule has 3 N–H and O–H groups in total. The van der Waals surface area contributed by atoms with Crippen molar-refractivity contribution >= 4 is 22.9 Å². The molecule has 10 nitrogen and oxygen atoms in total. The normalized spacial score (nSPS) is 12.9. The lowest BCUT2D eigenvalue weighted by Crippen LogP contribution is -2.39. The molecule has 3 aromatic heterocycles. The zero-order chi connectivity index (χ0) is 30.1. The van der Waals surface area contributed by atoms with E-state index >= 15 is 0 Å². The van der Waals surface area contributed by atoms with Crippen molar-refractivity contribution in [2.75, 3.05) is 5.32 Å². The fourth-order valence-corrected chi connectivity index (χ4v) is 4.92. The van der Waals surface area contributed by atoms with Gasteiger partial charge in [0.05, 0.1) is 5.56 Å². The summed E-state index contributed by atoms with van der Waals surface area (Å²) in [6.45, 7) is 3.10. The maximum atomic E-state index is 13.8. The van der Waals surface area contributed by atoms with Gasteiger partial charge in [-0.25, -0.2) is 23.5 Å². The summed E-state index contributed by atoms with van der Waals surface area (Å²) < 4.78 is 30.1. The number of hydrogen-bond acceptors (Lipinski definition) is 6. The lowest BCUT2D eigenvalue weighted by molar-refractivity contribution is 0.0946. The van der Waals surface area contributed by atoms with Crippen LogP contribution in [0.2, 0.25) is 0 Å². The molecule has 0 unspecified atom stereocenters. The van der Waals surface area contributed by atoms with Crippen LogP contribution in [0.25, 0.3) is 22.6 Å². The number of H-pyrrole nitrogens is 1. The summed E-state index contributed by atoms with van der Waals surface area (Å²) in [5.41, 5.74) is 2.14. The third-order valence-corrected chi connectivity index (χ3v) is 7.35. The predicted molar refractivity (Wildman–Crippen MR) is 158 cm³/mol. The van der Waals surface area contributed by atoms with Crippen molar-refractivity contribution in [3.05, 3.63) is 110 Å². The van der Waals surface area contributed by atoms with Crippen molar-refractivity contribution in [2.45, 2.75) is 51.9 Å². The summed E-state index contributed by atoms with van der Waals surface area (Å²) in [6.07, 6.45) is 4.04. The van der Waals surface area contributed by atoms with Gasteiger partial charge in [-0.3, -0.25) is 18.7 Å². The van der Waals surface area contributed by atoms with Crippen LogP contribution < -0.4 is 21.9 Å². The number of aromatic amines is 1. The fourth-order valence-electron chi connectivity index (χ4n) is 4.92. The van der Waals surface area contributed by atoms with Crippen LogP contribution >= 0.6 is 0 Å². The van der Waals surface area contributed by atoms with E-state index in [0.29, 0.717) is 41.5 Å². The van der Waals surface area contributed by atoms with E-state index < -0.39 is 17.5 Å². The zero-order valence-electron chi connectivity index (χ0n) is 23.4. The maximum Gasteiger partial charge on any atom is 0.333 e. The molecule has 0 aliphatic heterocycles. The highest BCUT2D eigenvalue weighted by Crippen LogP contribution is 2.32. The van der Waals surface area contributed by atoms with Crippen LogP contribution in [-0.2, 0) is 19.6 Å². The van der Waals surface area contributed by atoms with Gasteiger partial charge in [0.1, 0.15) is 17.2 Å². The molecule has 6 rings (SSSR count). The third-order valence-electron chi connectivity index (χ3n) is 7.35. The maximum absolute atomic E-state index is 13.8. The van der Waals surface area contributed by atoms with E-state index in [1.165, 1.54) is 16.7 Å². The first-order valence-electron chi connectivity index (χ1n) is 14.1. The smallest absolute Gasteiger partial charge is 0.333 e. The number of anilines is 1. The van der Waals surface area contributed by atoms with E-state index in [1.54, 1.807) is 16.8 Å². The average molecular weight is 586 g/mol. The molecule has 43 heavy (non-hydrogen) atoms. The Hall–Kier alpha value is -5.13. The van der Waals surface area contributed by atoms with Gasteiger partial charge >= 0.3 is 5.69 Å². The van der Waals surface area contributed by atoms with E-state index in [1.807, 2.05) is 37.3 Å². The first-order valence-corrected chi connectivity index (χ1v) is 14.1. The van der Waals surface area contributed by atoms with Gasteiger partial charge in [0.15, 0.2) is 17.3 Å². The minimum absolute atomic E-state index is 0.0407. The molecule has 0 spiro atoms. The van der Waals surface area contributed by atoms with Crippen LogP contribution in [0.3, 0.4) is 0 Å². The molecular weight excluding hydrogens is 556 g/mol. The first kappa shape index (κ1) is 28.0. The van der Waals surface area contributed by atoms with E-state index in [0.717, 1.165) is 36.5 Å². The van der Waals surface area contributed by atoms with Crippen molar-refractivity contribution in [3.63, 3.8) is 0 Å². The van der Waals surface area contributed by atoms with Gasteiger partial charge in [-0.15, -0.1) is 0 Å². The van der Waals surface area contributed by atoms with Gasteiger partial charge < -0.3 is 15.6 Å². The molecule has 5 aromatic rings. The molecule has 12 heteroatoms. The van der Waals surface area contributed by atoms with Gasteiger partial charge in [-0.05, 0) is 54.7 Å². The minimum Gasteiger partial charge on any atom is -0.366 e. The van der Waals surface area contributed by atoms with E-state index in [4.69, 9.17) is 0 Å². The summed E-state index contributed by atoms with van der Waals surface area (Å²) in [5, 5.41) is 5.85. The van der Waals surface area contributed by atoms with Crippen LogP contribution in [0.5, 0.6) is 0 Å². The second kappa shape index (κ2) is 11.6. The number of nitrogens with zero attached hydrogens (tertiary/aromatic N) is 4. The van der Waals surface area contributed by atoms with Crippen molar-refractivity contribution in [2.24, 2.45) is 0 Å². The lowest BCUT2D eigenvalue weighted by Gasteiger charge is -2.09. The number of halogens is 2. The molecule has 0 bridgehead atoms. The molecular formula is C31H29F2N7O3. The number of benzene rings is 2. The highest BCUT2D eigenvalue weighted by atomic mass is 19.2. The summed E-state index contributed by atoms with van der Waals surface area (Å²) >= 11 is 0. The molecule has 0 atom stereocenters. The number of amides is 1. The van der Waals surface area contributed by atoms with Crippen LogP contribution in [0.15, 0.2) is 70.4 Å². The highest BCUT2D eigenvalue weighted by molar-refractivity contribution is 5.94. The van der Waals surface area contributed by atoms with Gasteiger partial charge in [-0.1, -0.05) is 37.3 Å². The van der Waals surface area contributed by atoms with Crippen molar-refractivity contribution in [1.82, 2.24) is 29.4 Å². The quantitative estimate of drug-likeness (QED) is 0.221. The fraction of sp³-hybridized carbons (Fsp3) is 0.258. The van der Waals surface area contributed by atoms with E-state index in [-0.39, 0.29) is 29.4 Å². The van der Waals surface area contributed by atoms with Crippen molar-refractivity contribution in [3.8, 4) is 11.4 Å². The number of hydrogen-bond donors (Lipinski definition) is 3. The van der Waals surface area contributed by atoms with E-state index in [9.17, 15) is 23.2 Å². The summed E-state index contributed by atoms with van der Waals surface area (Å²) in [4.78, 5) is 50.5. The molecule has 0 saturated heterocycles. The SMILES string of the molecule is CCCn1c(=O)n(C2CC2)c(=O)c2[nH]c(-c3ccc(NCc4ccc(CNC(=O)c5cccc(F)c5F)cc4)nc3)nc21. The molecule has 1 aliphatic carbocycles. The molecule has 1 aliphatic rings. The topological polar surface area (TPSA) is 127 Å². The molecule has 2 aromatic carbocycles. The number of aryl methyl sites for hydroxylation is 1. The Bertz CT molecular complexity index is 1930. The summed E-state index contributed by atoms with van der Waals surface area (Å²) in [6, 6.07) is 14.5. The summed E-state index contributed by atoms with van der Waals surface area (Å²) in [5.74, 6) is -1.83. The Labute approximate surface area is 244 Å². The van der Waals surface area contributed by atoms with Crippen LogP contribution in [0, 0.1) is 11.6 Å². The van der Waals surface area contributed by atoms with Crippen LogP contribution in [-0.4, -0.2) is 30.0 Å². The Morgan fingerprint density at radius 1 is 1.02 bits per heavy atom.